The van der Waals surface area contributed by atoms with E-state index in [1.54, 1.807) is 12.1 Å². The number of carbonyl (C=O) groups excluding carboxylic acids is 1. The number of hydrogen-bond acceptors (Lipinski definition) is 3. The molecule has 7 heteroatoms. The van der Waals surface area contributed by atoms with Crippen LogP contribution in [-0.2, 0) is 0 Å². The van der Waals surface area contributed by atoms with Crippen LogP contribution < -0.4 is 5.32 Å². The van der Waals surface area contributed by atoms with Crippen molar-refractivity contribution in [1.82, 2.24) is 4.98 Å². The van der Waals surface area contributed by atoms with Crippen LogP contribution in [0.2, 0.25) is 5.02 Å². The normalized spacial score (nSPS) is 10.1. The number of benzene rings is 1. The molecular formula is C13H8BrClN2O3. The largest absolute Gasteiger partial charge is 0.478 e. The smallest absolute Gasteiger partial charge is 0.337 e. The molecule has 1 amide bonds. The first-order chi connectivity index (χ1) is 9.47. The number of aromatic nitrogens is 1. The summed E-state index contributed by atoms with van der Waals surface area (Å²) in [6, 6.07) is 7.43. The van der Waals surface area contributed by atoms with Gasteiger partial charge >= 0.3 is 5.97 Å². The SMILES string of the molecule is O=C(Nc1ccc(C(=O)O)c(Cl)c1)c1ccc(Br)cn1. The molecule has 2 rings (SSSR count). The zero-order valence-electron chi connectivity index (χ0n) is 9.93. The van der Waals surface area contributed by atoms with E-state index >= 15 is 0 Å². The summed E-state index contributed by atoms with van der Waals surface area (Å²) >= 11 is 9.05. The maximum absolute atomic E-state index is 11.9. The van der Waals surface area contributed by atoms with Crippen LogP contribution in [0.5, 0.6) is 0 Å². The number of carboxylic acid groups (broad SMARTS) is 1. The topological polar surface area (TPSA) is 79.3 Å². The molecule has 0 saturated carbocycles. The number of aromatic carboxylic acids is 1. The molecule has 1 aromatic heterocycles. The van der Waals surface area contributed by atoms with Crippen molar-refractivity contribution in [2.24, 2.45) is 0 Å². The van der Waals surface area contributed by atoms with E-state index in [1.165, 1.54) is 24.4 Å². The van der Waals surface area contributed by atoms with Crippen LogP contribution in [0, 0.1) is 0 Å². The van der Waals surface area contributed by atoms with Gasteiger partial charge in [-0.05, 0) is 46.3 Å². The predicted octanol–water partition coefficient (Wildman–Crippen LogP) is 3.45. The molecule has 102 valence electrons. The Morgan fingerprint density at radius 3 is 2.55 bits per heavy atom. The molecule has 0 unspecified atom stereocenters. The molecule has 0 atom stereocenters. The molecule has 0 bridgehead atoms. The van der Waals surface area contributed by atoms with Gasteiger partial charge in [0.05, 0.1) is 10.6 Å². The number of nitrogens with one attached hydrogen (secondary N) is 1. The van der Waals surface area contributed by atoms with Crippen LogP contribution in [0.25, 0.3) is 0 Å². The molecule has 1 aromatic carbocycles. The lowest BCUT2D eigenvalue weighted by Gasteiger charge is -2.06. The summed E-state index contributed by atoms with van der Waals surface area (Å²) in [6.07, 6.45) is 1.51. The highest BCUT2D eigenvalue weighted by Gasteiger charge is 2.11. The molecule has 0 radical (unpaired) electrons. The van der Waals surface area contributed by atoms with Gasteiger partial charge in [-0.25, -0.2) is 9.78 Å². The summed E-state index contributed by atoms with van der Waals surface area (Å²) in [5.74, 6) is -1.53. The highest BCUT2D eigenvalue weighted by molar-refractivity contribution is 9.10. The van der Waals surface area contributed by atoms with Gasteiger partial charge in [0.25, 0.3) is 5.91 Å². The van der Waals surface area contributed by atoms with Gasteiger partial charge in [-0.2, -0.15) is 0 Å². The Hall–Kier alpha value is -1.92. The van der Waals surface area contributed by atoms with E-state index in [2.05, 4.69) is 26.2 Å². The van der Waals surface area contributed by atoms with Crippen LogP contribution in [-0.4, -0.2) is 22.0 Å². The Bertz CT molecular complexity index is 674. The lowest BCUT2D eigenvalue weighted by molar-refractivity contribution is 0.0697. The van der Waals surface area contributed by atoms with Crippen LogP contribution in [0.15, 0.2) is 41.0 Å². The third-order valence-electron chi connectivity index (χ3n) is 2.42. The van der Waals surface area contributed by atoms with Gasteiger partial charge < -0.3 is 10.4 Å². The number of carboxylic acids is 1. The number of rotatable bonds is 3. The molecule has 0 aliphatic heterocycles. The maximum atomic E-state index is 11.9. The summed E-state index contributed by atoms with van der Waals surface area (Å²) in [4.78, 5) is 26.7. The molecular weight excluding hydrogens is 348 g/mol. The molecule has 0 fully saturated rings. The molecule has 0 spiro atoms. The van der Waals surface area contributed by atoms with Gasteiger partial charge in [0, 0.05) is 16.4 Å². The zero-order valence-corrected chi connectivity index (χ0v) is 12.3. The summed E-state index contributed by atoms with van der Waals surface area (Å²) in [6.45, 7) is 0. The fraction of sp³-hybridized carbons (Fsp3) is 0. The van der Waals surface area contributed by atoms with Crippen molar-refractivity contribution in [1.29, 1.82) is 0 Å². The number of halogens is 2. The van der Waals surface area contributed by atoms with Gasteiger partial charge in [-0.15, -0.1) is 0 Å². The fourth-order valence-corrected chi connectivity index (χ4v) is 1.97. The maximum Gasteiger partial charge on any atom is 0.337 e. The lowest BCUT2D eigenvalue weighted by atomic mass is 10.2. The van der Waals surface area contributed by atoms with E-state index in [4.69, 9.17) is 16.7 Å². The van der Waals surface area contributed by atoms with E-state index in [-0.39, 0.29) is 16.3 Å². The summed E-state index contributed by atoms with van der Waals surface area (Å²) in [5, 5.41) is 11.5. The minimum atomic E-state index is -1.12. The minimum absolute atomic E-state index is 0.0218. The molecule has 0 aliphatic rings. The Morgan fingerprint density at radius 1 is 1.25 bits per heavy atom. The van der Waals surface area contributed by atoms with Gasteiger partial charge in [-0.1, -0.05) is 11.6 Å². The average Bonchev–Trinajstić information content (AvgIpc) is 2.39. The van der Waals surface area contributed by atoms with Gasteiger partial charge in [0.1, 0.15) is 5.69 Å². The van der Waals surface area contributed by atoms with E-state index < -0.39 is 11.9 Å². The quantitative estimate of drug-likeness (QED) is 0.884. The van der Waals surface area contributed by atoms with Crippen molar-refractivity contribution < 1.29 is 14.7 Å². The number of carbonyl (C=O) groups is 2. The Labute approximate surface area is 127 Å². The number of nitrogens with zero attached hydrogens (tertiary/aromatic N) is 1. The van der Waals surface area contributed by atoms with Gasteiger partial charge in [-0.3, -0.25) is 4.79 Å². The lowest BCUT2D eigenvalue weighted by Crippen LogP contribution is -2.13. The zero-order chi connectivity index (χ0) is 14.7. The Morgan fingerprint density at radius 2 is 2.00 bits per heavy atom. The van der Waals surface area contributed by atoms with Crippen LogP contribution in [0.3, 0.4) is 0 Å². The molecule has 20 heavy (non-hydrogen) atoms. The first kappa shape index (κ1) is 14.5. The summed E-state index contributed by atoms with van der Waals surface area (Å²) < 4.78 is 0.767. The molecule has 0 aliphatic carbocycles. The van der Waals surface area contributed by atoms with Crippen molar-refractivity contribution in [2.45, 2.75) is 0 Å². The minimum Gasteiger partial charge on any atom is -0.478 e. The molecule has 0 saturated heterocycles. The third-order valence-corrected chi connectivity index (χ3v) is 3.20. The van der Waals surface area contributed by atoms with Gasteiger partial charge in [0.15, 0.2) is 0 Å². The second-order valence-electron chi connectivity index (χ2n) is 3.82. The van der Waals surface area contributed by atoms with E-state index in [1.807, 2.05) is 0 Å². The number of anilines is 1. The molecule has 2 aromatic rings. The highest BCUT2D eigenvalue weighted by atomic mass is 79.9. The van der Waals surface area contributed by atoms with Crippen LogP contribution >= 0.6 is 27.5 Å². The summed E-state index contributed by atoms with van der Waals surface area (Å²) in [7, 11) is 0. The molecule has 2 N–H and O–H groups in total. The van der Waals surface area contributed by atoms with E-state index in [9.17, 15) is 9.59 Å². The number of hydrogen-bond donors (Lipinski definition) is 2. The standard InChI is InChI=1S/C13H8BrClN2O3/c14-7-1-4-11(16-6-7)12(18)17-8-2-3-9(13(19)20)10(15)5-8/h1-6H,(H,17,18)(H,19,20). The number of pyridine rings is 1. The van der Waals surface area contributed by atoms with Crippen molar-refractivity contribution in [3.05, 3.63) is 57.3 Å². The first-order valence-electron chi connectivity index (χ1n) is 5.43. The number of amides is 1. The van der Waals surface area contributed by atoms with E-state index in [0.29, 0.717) is 5.69 Å². The predicted molar refractivity (Wildman–Crippen MR) is 78.3 cm³/mol. The second-order valence-corrected chi connectivity index (χ2v) is 5.14. The molecule has 1 heterocycles. The Kier molecular flexibility index (Phi) is 4.36. The second kappa shape index (κ2) is 6.02. The monoisotopic (exact) mass is 354 g/mol. The van der Waals surface area contributed by atoms with Crippen molar-refractivity contribution in [3.8, 4) is 0 Å². The van der Waals surface area contributed by atoms with Crippen molar-refractivity contribution in [3.63, 3.8) is 0 Å². The Balaban J connectivity index is 2.18. The van der Waals surface area contributed by atoms with Crippen molar-refractivity contribution in [2.75, 3.05) is 5.32 Å². The average molecular weight is 356 g/mol. The van der Waals surface area contributed by atoms with Crippen LogP contribution in [0.1, 0.15) is 20.8 Å². The fourth-order valence-electron chi connectivity index (χ4n) is 1.47. The highest BCUT2D eigenvalue weighted by Crippen LogP contribution is 2.21. The van der Waals surface area contributed by atoms with E-state index in [0.717, 1.165) is 4.47 Å². The van der Waals surface area contributed by atoms with Crippen molar-refractivity contribution >= 4 is 45.1 Å². The molecule has 5 nitrogen and oxygen atoms in total. The van der Waals surface area contributed by atoms with Gasteiger partial charge in [0.2, 0.25) is 0 Å². The first-order valence-corrected chi connectivity index (χ1v) is 6.60. The summed E-state index contributed by atoms with van der Waals surface area (Å²) in [5.41, 5.74) is 0.618. The van der Waals surface area contributed by atoms with Crippen LogP contribution in [0.4, 0.5) is 5.69 Å². The third kappa shape index (κ3) is 3.34.